The Morgan fingerprint density at radius 3 is 2.21 bits per heavy atom. The number of allylic oxidation sites excluding steroid dienone is 1. The fourth-order valence-corrected chi connectivity index (χ4v) is 1.92. The number of rotatable bonds is 11. The molecule has 1 aromatic rings. The van der Waals surface area contributed by atoms with E-state index < -0.39 is 0 Å². The second kappa shape index (κ2) is 11.2. The highest BCUT2D eigenvalue weighted by molar-refractivity contribution is 5.91. The molecule has 0 bridgehead atoms. The molecular weight excluding hydrogens is 304 g/mol. The minimum atomic E-state index is -0.320. The van der Waals surface area contributed by atoms with Gasteiger partial charge in [0.05, 0.1) is 13.2 Å². The van der Waals surface area contributed by atoms with E-state index in [0.717, 1.165) is 37.0 Å². The lowest BCUT2D eigenvalue weighted by Crippen LogP contribution is -2.06. The third-order valence-electron chi connectivity index (χ3n) is 3.28. The molecule has 0 aromatic heterocycles. The zero-order valence-electron chi connectivity index (χ0n) is 14.5. The van der Waals surface area contributed by atoms with E-state index in [2.05, 4.69) is 6.58 Å². The molecule has 0 heterocycles. The third-order valence-corrected chi connectivity index (χ3v) is 3.28. The summed E-state index contributed by atoms with van der Waals surface area (Å²) < 4.78 is 10.7. The highest BCUT2D eigenvalue weighted by atomic mass is 16.5. The number of hydrogen-bond donors (Lipinski definition) is 0. The van der Waals surface area contributed by atoms with E-state index in [9.17, 15) is 9.59 Å². The molecule has 24 heavy (non-hydrogen) atoms. The van der Waals surface area contributed by atoms with Gasteiger partial charge in [-0.25, -0.2) is 4.79 Å². The molecule has 0 spiro atoms. The molecule has 0 aliphatic heterocycles. The third kappa shape index (κ3) is 8.93. The van der Waals surface area contributed by atoms with E-state index in [0.29, 0.717) is 18.8 Å². The lowest BCUT2D eigenvalue weighted by atomic mass is 10.2. The summed E-state index contributed by atoms with van der Waals surface area (Å²) >= 11 is 0. The average molecular weight is 330 g/mol. The number of carbonyl (C=O) groups excluding carboxylic acids is 2. The Kier molecular flexibility index (Phi) is 9.20. The zero-order valence-corrected chi connectivity index (χ0v) is 14.5. The van der Waals surface area contributed by atoms with Crippen molar-refractivity contribution in [1.82, 2.24) is 0 Å². The maximum Gasteiger partial charge on any atom is 0.333 e. The summed E-state index contributed by atoms with van der Waals surface area (Å²) in [5.41, 5.74) is 1.41. The molecule has 1 aromatic carbocycles. The topological polar surface area (TPSA) is 52.6 Å². The minimum absolute atomic E-state index is 0.0321. The first-order valence-corrected chi connectivity index (χ1v) is 8.23. The van der Waals surface area contributed by atoms with Crippen LogP contribution in [-0.4, -0.2) is 25.0 Å². The normalized spacial score (nSPS) is 10.6. The van der Waals surface area contributed by atoms with Crippen molar-refractivity contribution in [1.29, 1.82) is 0 Å². The van der Waals surface area contributed by atoms with Gasteiger partial charge < -0.3 is 9.47 Å². The summed E-state index contributed by atoms with van der Waals surface area (Å²) in [5.74, 6) is 0.537. The molecule has 4 nitrogen and oxygen atoms in total. The number of unbranched alkanes of at least 4 members (excludes halogenated alkanes) is 3. The van der Waals surface area contributed by atoms with E-state index in [1.807, 2.05) is 24.3 Å². The van der Waals surface area contributed by atoms with Crippen molar-refractivity contribution in [3.05, 3.63) is 48.1 Å². The van der Waals surface area contributed by atoms with E-state index in [1.54, 1.807) is 19.1 Å². The predicted molar refractivity (Wildman–Crippen MR) is 95.9 cm³/mol. The predicted octanol–water partition coefficient (Wildman–Crippen LogP) is 4.35. The van der Waals surface area contributed by atoms with Gasteiger partial charge in [-0.15, -0.1) is 0 Å². The van der Waals surface area contributed by atoms with E-state index in [4.69, 9.17) is 9.47 Å². The maximum absolute atomic E-state index is 11.2. The Bertz CT molecular complexity index is 570. The first-order valence-electron chi connectivity index (χ1n) is 8.23. The van der Waals surface area contributed by atoms with Crippen LogP contribution in [-0.2, 0) is 14.3 Å². The molecule has 0 radical (unpaired) electrons. The van der Waals surface area contributed by atoms with Crippen molar-refractivity contribution in [2.45, 2.75) is 39.5 Å². The van der Waals surface area contributed by atoms with E-state index >= 15 is 0 Å². The van der Waals surface area contributed by atoms with Gasteiger partial charge in [-0.05, 0) is 63.3 Å². The number of hydrogen-bond acceptors (Lipinski definition) is 4. The van der Waals surface area contributed by atoms with E-state index in [1.165, 1.54) is 6.92 Å². The lowest BCUT2D eigenvalue weighted by Gasteiger charge is -2.07. The summed E-state index contributed by atoms with van der Waals surface area (Å²) in [4.78, 5) is 22.0. The highest BCUT2D eigenvalue weighted by Gasteiger charge is 2.01. The molecule has 0 aliphatic rings. The summed E-state index contributed by atoms with van der Waals surface area (Å²) in [6, 6.07) is 7.64. The van der Waals surface area contributed by atoms with Gasteiger partial charge in [0.25, 0.3) is 0 Å². The molecule has 0 saturated carbocycles. The van der Waals surface area contributed by atoms with Gasteiger partial charge in [0.2, 0.25) is 0 Å². The molecule has 0 N–H and O–H groups in total. The first kappa shape index (κ1) is 19.7. The fourth-order valence-electron chi connectivity index (χ4n) is 1.92. The van der Waals surface area contributed by atoms with Crippen LogP contribution in [0.2, 0.25) is 0 Å². The van der Waals surface area contributed by atoms with Crippen LogP contribution in [0.4, 0.5) is 0 Å². The van der Waals surface area contributed by atoms with Crippen molar-refractivity contribution >= 4 is 17.8 Å². The molecule has 0 fully saturated rings. The maximum atomic E-state index is 11.2. The van der Waals surface area contributed by atoms with Gasteiger partial charge in [-0.3, -0.25) is 4.79 Å². The van der Waals surface area contributed by atoms with Crippen LogP contribution < -0.4 is 4.74 Å². The number of benzene rings is 1. The SMILES string of the molecule is C=C(C)C(=O)OCCCCCCOc1ccc(C=CC(C)=O)cc1. The lowest BCUT2D eigenvalue weighted by molar-refractivity contribution is -0.139. The summed E-state index contributed by atoms with van der Waals surface area (Å²) in [6.45, 7) is 7.81. The van der Waals surface area contributed by atoms with Gasteiger partial charge in [-0.2, -0.15) is 0 Å². The highest BCUT2D eigenvalue weighted by Crippen LogP contribution is 2.14. The number of esters is 1. The van der Waals surface area contributed by atoms with Gasteiger partial charge in [0, 0.05) is 5.57 Å². The zero-order chi connectivity index (χ0) is 17.8. The smallest absolute Gasteiger partial charge is 0.333 e. The van der Waals surface area contributed by atoms with Crippen LogP contribution >= 0.6 is 0 Å². The van der Waals surface area contributed by atoms with Gasteiger partial charge in [0.1, 0.15) is 5.75 Å². The first-order chi connectivity index (χ1) is 11.5. The van der Waals surface area contributed by atoms with Crippen LogP contribution in [0.5, 0.6) is 5.75 Å². The van der Waals surface area contributed by atoms with Crippen LogP contribution in [0.25, 0.3) is 6.08 Å². The Balaban J connectivity index is 2.10. The quantitative estimate of drug-likeness (QED) is 0.344. The molecule has 1 rings (SSSR count). The molecule has 0 amide bonds. The van der Waals surface area contributed by atoms with Gasteiger partial charge in [0.15, 0.2) is 5.78 Å². The van der Waals surface area contributed by atoms with Crippen molar-refractivity contribution in [3.8, 4) is 5.75 Å². The van der Waals surface area contributed by atoms with Crippen molar-refractivity contribution in [2.24, 2.45) is 0 Å². The van der Waals surface area contributed by atoms with Gasteiger partial charge in [-0.1, -0.05) is 24.8 Å². The number of ether oxygens (including phenoxy) is 2. The molecule has 0 unspecified atom stereocenters. The van der Waals surface area contributed by atoms with Crippen molar-refractivity contribution < 1.29 is 19.1 Å². The summed E-state index contributed by atoms with van der Waals surface area (Å²) in [5, 5.41) is 0. The minimum Gasteiger partial charge on any atom is -0.494 e. The van der Waals surface area contributed by atoms with Crippen LogP contribution in [0.15, 0.2) is 42.5 Å². The Morgan fingerprint density at radius 2 is 1.62 bits per heavy atom. The van der Waals surface area contributed by atoms with Crippen LogP contribution in [0.3, 0.4) is 0 Å². The van der Waals surface area contributed by atoms with Crippen molar-refractivity contribution in [3.63, 3.8) is 0 Å². The summed E-state index contributed by atoms with van der Waals surface area (Å²) in [7, 11) is 0. The fraction of sp³-hybridized carbons (Fsp3) is 0.400. The van der Waals surface area contributed by atoms with Crippen LogP contribution in [0, 0.1) is 0 Å². The van der Waals surface area contributed by atoms with Crippen LogP contribution in [0.1, 0.15) is 45.1 Å². The number of ketones is 1. The largest absolute Gasteiger partial charge is 0.494 e. The standard InChI is InChI=1S/C20H26O4/c1-16(2)20(22)24-15-7-5-4-6-14-23-19-12-10-18(11-13-19)9-8-17(3)21/h8-13H,1,4-7,14-15H2,2-3H3. The summed E-state index contributed by atoms with van der Waals surface area (Å²) in [6.07, 6.45) is 7.18. The molecule has 4 heteroatoms. The molecular formula is C20H26O4. The monoisotopic (exact) mass is 330 g/mol. The van der Waals surface area contributed by atoms with Crippen molar-refractivity contribution in [2.75, 3.05) is 13.2 Å². The average Bonchev–Trinajstić information content (AvgIpc) is 2.56. The molecule has 0 aliphatic carbocycles. The second-order valence-electron chi connectivity index (χ2n) is 5.69. The number of carbonyl (C=O) groups is 2. The molecule has 130 valence electrons. The Morgan fingerprint density at radius 1 is 1.00 bits per heavy atom. The van der Waals surface area contributed by atoms with E-state index in [-0.39, 0.29) is 11.8 Å². The molecule has 0 atom stereocenters. The van der Waals surface area contributed by atoms with Gasteiger partial charge >= 0.3 is 5.97 Å². The Labute approximate surface area is 144 Å². The second-order valence-corrected chi connectivity index (χ2v) is 5.69. The molecule has 0 saturated heterocycles. The Hall–Kier alpha value is -2.36.